The molecule has 2 aromatic heterocycles. The lowest BCUT2D eigenvalue weighted by atomic mass is 10.2. The molecule has 0 aliphatic carbocycles. The van der Waals surface area contributed by atoms with Crippen molar-refractivity contribution in [3.8, 4) is 0 Å². The molecule has 3 rings (SSSR count). The van der Waals surface area contributed by atoms with Gasteiger partial charge in [0.05, 0.1) is 29.0 Å². The van der Waals surface area contributed by atoms with Crippen molar-refractivity contribution in [3.05, 3.63) is 40.1 Å². The van der Waals surface area contributed by atoms with E-state index < -0.39 is 15.6 Å². The van der Waals surface area contributed by atoms with Gasteiger partial charge in [0.1, 0.15) is 0 Å². The number of hydrogen-bond donors (Lipinski definition) is 0. The number of hydrogen-bond acceptors (Lipinski definition) is 7. The first-order valence-electron chi connectivity index (χ1n) is 7.86. The van der Waals surface area contributed by atoms with Crippen LogP contribution in [0.3, 0.4) is 0 Å². The van der Waals surface area contributed by atoms with E-state index in [1.54, 1.807) is 16.7 Å². The summed E-state index contributed by atoms with van der Waals surface area (Å²) in [7, 11) is -0.774. The van der Waals surface area contributed by atoms with Gasteiger partial charge >= 0.3 is 0 Å². The third-order valence-corrected chi connectivity index (χ3v) is 6.62. The first kappa shape index (κ1) is 18.9. The smallest absolute Gasteiger partial charge is 0.281 e. The van der Waals surface area contributed by atoms with Crippen LogP contribution in [-0.4, -0.2) is 62.6 Å². The highest BCUT2D eigenvalue weighted by molar-refractivity contribution is 7.89. The molecule has 0 radical (unpaired) electrons. The second-order valence-electron chi connectivity index (χ2n) is 5.54. The van der Waals surface area contributed by atoms with E-state index in [1.165, 1.54) is 42.0 Å². The van der Waals surface area contributed by atoms with Gasteiger partial charge in [0.25, 0.3) is 5.56 Å². The summed E-state index contributed by atoms with van der Waals surface area (Å²) in [6.45, 7) is 0.911. The first-order valence-corrected chi connectivity index (χ1v) is 10.2. The van der Waals surface area contributed by atoms with Crippen molar-refractivity contribution in [2.45, 2.75) is 4.90 Å². The number of sulfonamides is 1. The maximum Gasteiger partial charge on any atom is 0.281 e. The predicted molar refractivity (Wildman–Crippen MR) is 99.4 cm³/mol. The van der Waals surface area contributed by atoms with Gasteiger partial charge in [0, 0.05) is 38.9 Å². The molecule has 3 aromatic rings. The number of fused-ring (bicyclic) bond motifs is 3. The molecule has 0 atom stereocenters. The van der Waals surface area contributed by atoms with Crippen LogP contribution >= 0.6 is 11.3 Å². The second-order valence-corrected chi connectivity index (χ2v) is 8.35. The second kappa shape index (κ2) is 7.80. The molecule has 10 heteroatoms. The van der Waals surface area contributed by atoms with Gasteiger partial charge < -0.3 is 9.47 Å². The summed E-state index contributed by atoms with van der Waals surface area (Å²) in [5, 5.41) is 2.09. The fraction of sp³-hybridized carbons (Fsp3) is 0.375. The van der Waals surface area contributed by atoms with E-state index in [1.807, 2.05) is 5.38 Å². The molecule has 0 fully saturated rings. The number of methoxy groups -OCH3 is 2. The van der Waals surface area contributed by atoms with Crippen LogP contribution in [0.5, 0.6) is 0 Å². The molecule has 26 heavy (non-hydrogen) atoms. The van der Waals surface area contributed by atoms with Crippen LogP contribution in [0.15, 0.2) is 39.5 Å². The van der Waals surface area contributed by atoms with E-state index >= 15 is 0 Å². The maximum atomic E-state index is 13.0. The summed E-state index contributed by atoms with van der Waals surface area (Å²) in [6.07, 6.45) is 1.80. The Morgan fingerprint density at radius 2 is 1.88 bits per heavy atom. The third kappa shape index (κ3) is 3.51. The summed E-state index contributed by atoms with van der Waals surface area (Å²) < 4.78 is 39.1. The van der Waals surface area contributed by atoms with Crippen molar-refractivity contribution in [2.24, 2.45) is 0 Å². The molecule has 0 saturated carbocycles. The average molecular weight is 397 g/mol. The maximum absolute atomic E-state index is 13.0. The summed E-state index contributed by atoms with van der Waals surface area (Å²) in [5.74, 6) is 0. The van der Waals surface area contributed by atoms with Crippen LogP contribution < -0.4 is 5.56 Å². The molecule has 1 aromatic carbocycles. The Balaban J connectivity index is 2.08. The van der Waals surface area contributed by atoms with Crippen molar-refractivity contribution >= 4 is 37.2 Å². The van der Waals surface area contributed by atoms with Crippen LogP contribution in [-0.2, 0) is 19.5 Å². The Bertz CT molecular complexity index is 1070. The lowest BCUT2D eigenvalue weighted by Gasteiger charge is -2.21. The fourth-order valence-corrected chi connectivity index (χ4v) is 4.78. The van der Waals surface area contributed by atoms with Gasteiger partial charge in [-0.2, -0.15) is 9.29 Å². The van der Waals surface area contributed by atoms with Crippen molar-refractivity contribution in [2.75, 3.05) is 40.5 Å². The lowest BCUT2D eigenvalue weighted by Crippen LogP contribution is -2.36. The standard InChI is InChI=1S/C16H19N3O5S2/c1-23-8-5-18(6-9-24-2)26(21,22)12-3-4-14-13(11-12)15(20)17-16-19(14)7-10-25-16/h3-4,7,10-11H,5-6,8-9H2,1-2H3. The van der Waals surface area contributed by atoms with Gasteiger partial charge in [0.15, 0.2) is 4.96 Å². The first-order chi connectivity index (χ1) is 12.5. The third-order valence-electron chi connectivity index (χ3n) is 3.97. The SMILES string of the molecule is COCCN(CCOC)S(=O)(=O)c1ccc2c(c1)c(=O)nc1sccn12. The van der Waals surface area contributed by atoms with E-state index in [2.05, 4.69) is 4.98 Å². The zero-order chi connectivity index (χ0) is 18.7. The van der Waals surface area contributed by atoms with Gasteiger partial charge in [-0.25, -0.2) is 8.42 Å². The van der Waals surface area contributed by atoms with Crippen LogP contribution in [0.25, 0.3) is 15.9 Å². The molecule has 0 aliphatic rings. The van der Waals surface area contributed by atoms with Crippen LogP contribution in [0.2, 0.25) is 0 Å². The minimum absolute atomic E-state index is 0.0475. The average Bonchev–Trinajstić information content (AvgIpc) is 3.10. The van der Waals surface area contributed by atoms with Crippen molar-refractivity contribution in [1.82, 2.24) is 13.7 Å². The highest BCUT2D eigenvalue weighted by Crippen LogP contribution is 2.22. The molecule has 140 valence electrons. The quantitative estimate of drug-likeness (QED) is 0.567. The highest BCUT2D eigenvalue weighted by atomic mass is 32.2. The summed E-state index contributed by atoms with van der Waals surface area (Å²) >= 11 is 1.35. The number of nitrogens with zero attached hydrogens (tertiary/aromatic N) is 3. The Morgan fingerprint density at radius 3 is 2.54 bits per heavy atom. The zero-order valence-corrected chi connectivity index (χ0v) is 16.0. The Hall–Kier alpha value is -1.85. The Morgan fingerprint density at radius 1 is 1.19 bits per heavy atom. The molecule has 0 N–H and O–H groups in total. The van der Waals surface area contributed by atoms with Crippen LogP contribution in [0.1, 0.15) is 0 Å². The van der Waals surface area contributed by atoms with Crippen LogP contribution in [0.4, 0.5) is 0 Å². The van der Waals surface area contributed by atoms with Crippen molar-refractivity contribution in [1.29, 1.82) is 0 Å². The topological polar surface area (TPSA) is 90.2 Å². The lowest BCUT2D eigenvalue weighted by molar-refractivity contribution is 0.150. The highest BCUT2D eigenvalue weighted by Gasteiger charge is 2.25. The minimum Gasteiger partial charge on any atom is -0.383 e. The van der Waals surface area contributed by atoms with E-state index in [-0.39, 0.29) is 36.6 Å². The fourth-order valence-electron chi connectivity index (χ4n) is 2.63. The molecule has 2 heterocycles. The van der Waals surface area contributed by atoms with Gasteiger partial charge in [-0.3, -0.25) is 9.20 Å². The summed E-state index contributed by atoms with van der Waals surface area (Å²) in [4.78, 5) is 16.9. The van der Waals surface area contributed by atoms with E-state index in [0.717, 1.165) is 0 Å². The van der Waals surface area contributed by atoms with E-state index in [4.69, 9.17) is 9.47 Å². The van der Waals surface area contributed by atoms with E-state index in [0.29, 0.717) is 10.5 Å². The van der Waals surface area contributed by atoms with E-state index in [9.17, 15) is 13.2 Å². The molecular weight excluding hydrogens is 378 g/mol. The molecule has 0 amide bonds. The van der Waals surface area contributed by atoms with Crippen molar-refractivity contribution < 1.29 is 17.9 Å². The Labute approximate surface area is 154 Å². The summed E-state index contributed by atoms with van der Waals surface area (Å²) in [6, 6.07) is 4.53. The van der Waals surface area contributed by atoms with Crippen molar-refractivity contribution in [3.63, 3.8) is 0 Å². The number of benzene rings is 1. The molecule has 0 bridgehead atoms. The number of aromatic nitrogens is 2. The number of rotatable bonds is 8. The minimum atomic E-state index is -3.79. The Kier molecular flexibility index (Phi) is 5.68. The molecule has 0 spiro atoms. The van der Waals surface area contributed by atoms with Gasteiger partial charge in [0.2, 0.25) is 10.0 Å². The molecule has 0 aliphatic heterocycles. The number of thiazole rings is 1. The summed E-state index contributed by atoms with van der Waals surface area (Å²) in [5.41, 5.74) is 0.181. The largest absolute Gasteiger partial charge is 0.383 e. The van der Waals surface area contributed by atoms with Crippen LogP contribution in [0, 0.1) is 0 Å². The van der Waals surface area contributed by atoms with Gasteiger partial charge in [-0.1, -0.05) is 0 Å². The molecule has 0 unspecified atom stereocenters. The predicted octanol–water partition coefficient (Wildman–Crippen LogP) is 1.19. The molecular formula is C16H19N3O5S2. The zero-order valence-electron chi connectivity index (χ0n) is 14.4. The normalized spacial score (nSPS) is 12.4. The van der Waals surface area contributed by atoms with Gasteiger partial charge in [-0.05, 0) is 18.2 Å². The number of ether oxygens (including phenoxy) is 2. The van der Waals surface area contributed by atoms with Gasteiger partial charge in [-0.15, -0.1) is 11.3 Å². The molecule has 0 saturated heterocycles. The monoisotopic (exact) mass is 397 g/mol. The molecule has 8 nitrogen and oxygen atoms in total.